The van der Waals surface area contributed by atoms with Crippen LogP contribution in [0.5, 0.6) is 0 Å². The monoisotopic (exact) mass is 327 g/mol. The van der Waals surface area contributed by atoms with Gasteiger partial charge in [0, 0.05) is 31.7 Å². The average Bonchev–Trinajstić information content (AvgIpc) is 2.55. The number of urea groups is 1. The molecule has 0 spiro atoms. The highest BCUT2D eigenvalue weighted by Gasteiger charge is 2.16. The first-order valence-corrected chi connectivity index (χ1v) is 7.88. The first-order chi connectivity index (χ1) is 11.1. The van der Waals surface area contributed by atoms with Crippen molar-refractivity contribution in [3.05, 3.63) is 35.4 Å². The highest BCUT2D eigenvalue weighted by molar-refractivity contribution is 5.74. The van der Waals surface area contributed by atoms with Gasteiger partial charge in [-0.3, -0.25) is 0 Å². The number of carbonyl (C=O) groups is 1. The van der Waals surface area contributed by atoms with Crippen LogP contribution in [0.2, 0.25) is 0 Å². The fraction of sp³-hybridized carbons (Fsp3) is 0.562. The van der Waals surface area contributed by atoms with E-state index in [2.05, 4.69) is 16.0 Å². The van der Waals surface area contributed by atoms with E-state index in [1.54, 1.807) is 0 Å². The van der Waals surface area contributed by atoms with Crippen LogP contribution >= 0.6 is 0 Å². The van der Waals surface area contributed by atoms with Crippen LogP contribution < -0.4 is 16.0 Å². The second-order valence-electron chi connectivity index (χ2n) is 5.90. The molecular weight excluding hydrogens is 304 g/mol. The van der Waals surface area contributed by atoms with Gasteiger partial charge in [0.25, 0.3) is 0 Å². The Labute approximate surface area is 134 Å². The van der Waals surface area contributed by atoms with Crippen LogP contribution in [0.15, 0.2) is 18.2 Å². The van der Waals surface area contributed by atoms with Crippen LogP contribution in [0, 0.1) is 17.6 Å². The van der Waals surface area contributed by atoms with Gasteiger partial charge in [-0.05, 0) is 43.5 Å². The molecule has 2 atom stereocenters. The predicted molar refractivity (Wildman–Crippen MR) is 83.1 cm³/mol. The van der Waals surface area contributed by atoms with E-state index in [0.717, 1.165) is 38.1 Å². The lowest BCUT2D eigenvalue weighted by Gasteiger charge is -2.24. The molecule has 7 heteroatoms. The summed E-state index contributed by atoms with van der Waals surface area (Å²) in [7, 11) is 0. The molecule has 1 heterocycles. The van der Waals surface area contributed by atoms with E-state index < -0.39 is 11.6 Å². The van der Waals surface area contributed by atoms with Gasteiger partial charge in [-0.2, -0.15) is 0 Å². The predicted octanol–water partition coefficient (Wildman–Crippen LogP) is 1.17. The molecule has 0 radical (unpaired) electrons. The van der Waals surface area contributed by atoms with Crippen molar-refractivity contribution in [2.24, 2.45) is 5.92 Å². The number of amides is 2. The van der Waals surface area contributed by atoms with Crippen molar-refractivity contribution in [1.82, 2.24) is 16.0 Å². The maximum atomic E-state index is 13.2. The average molecular weight is 327 g/mol. The number of rotatable bonds is 6. The van der Waals surface area contributed by atoms with E-state index in [9.17, 15) is 18.7 Å². The second-order valence-corrected chi connectivity index (χ2v) is 5.90. The smallest absolute Gasteiger partial charge is 0.315 e. The van der Waals surface area contributed by atoms with Crippen molar-refractivity contribution in [1.29, 1.82) is 0 Å². The molecule has 0 bridgehead atoms. The van der Waals surface area contributed by atoms with Gasteiger partial charge in [0.05, 0.1) is 0 Å². The molecule has 0 aliphatic carbocycles. The van der Waals surface area contributed by atoms with Gasteiger partial charge in [0.2, 0.25) is 0 Å². The Morgan fingerprint density at radius 1 is 1.39 bits per heavy atom. The SMILES string of the molecule is O=C(NCC(CO)Cc1ccc(F)c(F)c1)NC1CCCNC1. The van der Waals surface area contributed by atoms with E-state index in [1.807, 2.05) is 0 Å². The molecule has 1 aromatic rings. The molecule has 1 aliphatic heterocycles. The quantitative estimate of drug-likeness (QED) is 0.634. The fourth-order valence-electron chi connectivity index (χ4n) is 2.65. The maximum absolute atomic E-state index is 13.2. The van der Waals surface area contributed by atoms with Crippen LogP contribution in [0.1, 0.15) is 18.4 Å². The molecule has 1 saturated heterocycles. The zero-order valence-corrected chi connectivity index (χ0v) is 12.9. The third kappa shape index (κ3) is 5.76. The van der Waals surface area contributed by atoms with Crippen LogP contribution in [0.3, 0.4) is 0 Å². The molecule has 23 heavy (non-hydrogen) atoms. The Morgan fingerprint density at radius 2 is 2.22 bits per heavy atom. The van der Waals surface area contributed by atoms with Crippen LogP contribution in [-0.2, 0) is 6.42 Å². The zero-order valence-electron chi connectivity index (χ0n) is 12.9. The van der Waals surface area contributed by atoms with Crippen molar-refractivity contribution in [3.63, 3.8) is 0 Å². The van der Waals surface area contributed by atoms with Gasteiger partial charge in [-0.15, -0.1) is 0 Å². The van der Waals surface area contributed by atoms with Crippen LogP contribution in [0.25, 0.3) is 0 Å². The molecule has 5 nitrogen and oxygen atoms in total. The number of hydrogen-bond acceptors (Lipinski definition) is 3. The summed E-state index contributed by atoms with van der Waals surface area (Å²) in [5.74, 6) is -2.06. The Balaban J connectivity index is 1.77. The van der Waals surface area contributed by atoms with Crippen molar-refractivity contribution in [3.8, 4) is 0 Å². The number of aliphatic hydroxyl groups excluding tert-OH is 1. The molecule has 0 saturated carbocycles. The van der Waals surface area contributed by atoms with Crippen LogP contribution in [0.4, 0.5) is 13.6 Å². The molecule has 1 aromatic carbocycles. The normalized spacial score (nSPS) is 19.2. The lowest BCUT2D eigenvalue weighted by molar-refractivity contribution is 0.211. The van der Waals surface area contributed by atoms with E-state index >= 15 is 0 Å². The summed E-state index contributed by atoms with van der Waals surface area (Å²) in [6, 6.07) is 3.50. The van der Waals surface area contributed by atoms with E-state index in [1.165, 1.54) is 6.07 Å². The molecule has 128 valence electrons. The molecular formula is C16H23F2N3O2. The molecule has 1 aliphatic rings. The minimum absolute atomic E-state index is 0.113. The van der Waals surface area contributed by atoms with E-state index in [0.29, 0.717) is 12.0 Å². The standard InChI is InChI=1S/C16H23F2N3O2/c17-14-4-3-11(7-15(14)18)6-12(10-22)8-20-16(23)21-13-2-1-5-19-9-13/h3-4,7,12-13,19,22H,1-2,5-6,8-10H2,(H2,20,21,23). The van der Waals surface area contributed by atoms with Gasteiger partial charge < -0.3 is 21.1 Å². The van der Waals surface area contributed by atoms with Crippen molar-refractivity contribution in [2.75, 3.05) is 26.2 Å². The highest BCUT2D eigenvalue weighted by Crippen LogP contribution is 2.13. The molecule has 2 unspecified atom stereocenters. The van der Waals surface area contributed by atoms with Gasteiger partial charge in [-0.1, -0.05) is 6.07 Å². The maximum Gasteiger partial charge on any atom is 0.315 e. The topological polar surface area (TPSA) is 73.4 Å². The van der Waals surface area contributed by atoms with Gasteiger partial charge in [0.1, 0.15) is 0 Å². The lowest BCUT2D eigenvalue weighted by atomic mass is 10.00. The van der Waals surface area contributed by atoms with Gasteiger partial charge in [-0.25, -0.2) is 13.6 Å². The Kier molecular flexibility index (Phi) is 6.73. The number of piperidine rings is 1. The largest absolute Gasteiger partial charge is 0.396 e. The summed E-state index contributed by atoms with van der Waals surface area (Å²) < 4.78 is 26.1. The second kappa shape index (κ2) is 8.79. The fourth-order valence-corrected chi connectivity index (χ4v) is 2.65. The Hall–Kier alpha value is -1.73. The minimum atomic E-state index is -0.908. The van der Waals surface area contributed by atoms with Gasteiger partial charge >= 0.3 is 6.03 Å². The number of halogens is 2. The third-order valence-corrected chi connectivity index (χ3v) is 3.95. The molecule has 2 rings (SSSR count). The number of carbonyl (C=O) groups excluding carboxylic acids is 1. The van der Waals surface area contributed by atoms with Crippen molar-refractivity contribution >= 4 is 6.03 Å². The summed E-state index contributed by atoms with van der Waals surface area (Å²) in [5.41, 5.74) is 0.585. The van der Waals surface area contributed by atoms with Gasteiger partial charge in [0.15, 0.2) is 11.6 Å². The summed E-state index contributed by atoms with van der Waals surface area (Å²) in [5, 5.41) is 18.2. The molecule has 4 N–H and O–H groups in total. The summed E-state index contributed by atoms with van der Waals surface area (Å²) >= 11 is 0. The zero-order chi connectivity index (χ0) is 16.7. The number of hydrogen-bond donors (Lipinski definition) is 4. The molecule has 0 aromatic heterocycles. The third-order valence-electron chi connectivity index (χ3n) is 3.95. The lowest BCUT2D eigenvalue weighted by Crippen LogP contribution is -2.50. The van der Waals surface area contributed by atoms with Crippen LogP contribution in [-0.4, -0.2) is 43.4 Å². The minimum Gasteiger partial charge on any atom is -0.396 e. The number of benzene rings is 1. The van der Waals surface area contributed by atoms with E-state index in [4.69, 9.17) is 0 Å². The molecule has 1 fully saturated rings. The first kappa shape index (κ1) is 17.6. The summed E-state index contributed by atoms with van der Waals surface area (Å²) in [4.78, 5) is 11.8. The first-order valence-electron chi connectivity index (χ1n) is 7.88. The van der Waals surface area contributed by atoms with Crippen molar-refractivity contribution in [2.45, 2.75) is 25.3 Å². The molecule has 2 amide bonds. The Morgan fingerprint density at radius 3 is 2.87 bits per heavy atom. The highest BCUT2D eigenvalue weighted by atomic mass is 19.2. The van der Waals surface area contributed by atoms with E-state index in [-0.39, 0.29) is 31.1 Å². The van der Waals surface area contributed by atoms with Crippen molar-refractivity contribution < 1.29 is 18.7 Å². The summed E-state index contributed by atoms with van der Waals surface area (Å²) in [6.07, 6.45) is 2.33. The number of aliphatic hydroxyl groups is 1. The number of nitrogens with one attached hydrogen (secondary N) is 3. The summed E-state index contributed by atoms with van der Waals surface area (Å²) in [6.45, 7) is 1.85. The Bertz CT molecular complexity index is 522.